The summed E-state index contributed by atoms with van der Waals surface area (Å²) < 4.78 is 36.0. The minimum absolute atomic E-state index is 0.224. The van der Waals surface area contributed by atoms with Crippen molar-refractivity contribution in [2.75, 3.05) is 13.2 Å². The number of aliphatic hydroxyl groups is 4. The predicted molar refractivity (Wildman–Crippen MR) is 113 cm³/mol. The molecule has 0 amide bonds. The quantitative estimate of drug-likeness (QED) is 0.461. The van der Waals surface area contributed by atoms with E-state index in [4.69, 9.17) is 16.3 Å². The van der Waals surface area contributed by atoms with Crippen molar-refractivity contribution < 1.29 is 33.9 Å². The first kappa shape index (κ1) is 24.5. The molecule has 10 heteroatoms. The highest BCUT2D eigenvalue weighted by atomic mass is 35.5. The van der Waals surface area contributed by atoms with Crippen LogP contribution in [0.1, 0.15) is 23.6 Å². The molecule has 174 valence electrons. The number of alkyl halides is 2. The van der Waals surface area contributed by atoms with E-state index in [1.54, 1.807) is 24.3 Å². The molecule has 0 spiro atoms. The summed E-state index contributed by atoms with van der Waals surface area (Å²) in [5, 5.41) is 43.8. The number of benzene rings is 2. The summed E-state index contributed by atoms with van der Waals surface area (Å²) in [5.74, 6) is -5.73. The maximum atomic E-state index is 15.3. The Kier molecular flexibility index (Phi) is 7.16. The zero-order valence-electron chi connectivity index (χ0n) is 17.2. The van der Waals surface area contributed by atoms with Gasteiger partial charge in [0.2, 0.25) is 0 Å². The molecule has 0 aromatic heterocycles. The van der Waals surface area contributed by atoms with Crippen LogP contribution in [-0.2, 0) is 12.0 Å². The standard InChI is InChI=1S/C22H24ClF2NO6/c1-2-32-15-6-3-12(4-7-15)9-13-10-14(5-8-17(13)23)21(30)20(29)19(28)18(26-31)16(11-27)22(21,24)25/h3-8,10,16,18-20,27-30H,2,9,11H2,1H3/t16-,18-,19+,20-,21+/m1/s1. The SMILES string of the molecule is CCOc1ccc(Cc2cc([C@]3(O)[C@H](O)[C@@H](O)[C@H](N=O)[C@@H](CO)C3(F)F)ccc2Cl)cc1. The molecule has 2 aromatic rings. The highest BCUT2D eigenvalue weighted by molar-refractivity contribution is 6.31. The van der Waals surface area contributed by atoms with Crippen molar-refractivity contribution in [2.45, 2.75) is 43.1 Å². The first-order valence-corrected chi connectivity index (χ1v) is 10.4. The van der Waals surface area contributed by atoms with Gasteiger partial charge < -0.3 is 25.2 Å². The zero-order chi connectivity index (χ0) is 23.7. The monoisotopic (exact) mass is 471 g/mol. The van der Waals surface area contributed by atoms with Crippen molar-refractivity contribution in [3.8, 4) is 5.75 Å². The summed E-state index contributed by atoms with van der Waals surface area (Å²) in [6, 6.07) is 8.67. The first-order chi connectivity index (χ1) is 15.1. The van der Waals surface area contributed by atoms with Crippen LogP contribution < -0.4 is 4.74 Å². The molecule has 1 aliphatic carbocycles. The van der Waals surface area contributed by atoms with Gasteiger partial charge in [-0.3, -0.25) is 0 Å². The van der Waals surface area contributed by atoms with E-state index in [9.17, 15) is 25.3 Å². The van der Waals surface area contributed by atoms with Crippen molar-refractivity contribution in [3.05, 3.63) is 69.1 Å². The van der Waals surface area contributed by atoms with Crippen molar-refractivity contribution >= 4 is 11.6 Å². The van der Waals surface area contributed by atoms with Gasteiger partial charge in [0, 0.05) is 5.02 Å². The van der Waals surface area contributed by atoms with Gasteiger partial charge in [-0.25, -0.2) is 8.78 Å². The van der Waals surface area contributed by atoms with Crippen molar-refractivity contribution in [2.24, 2.45) is 11.1 Å². The van der Waals surface area contributed by atoms with Gasteiger partial charge in [0.25, 0.3) is 5.92 Å². The molecule has 1 aliphatic rings. The second-order valence-corrected chi connectivity index (χ2v) is 8.18. The summed E-state index contributed by atoms with van der Waals surface area (Å²) in [6.07, 6.45) is -4.33. The van der Waals surface area contributed by atoms with Crippen LogP contribution in [-0.4, -0.2) is 57.8 Å². The molecule has 0 heterocycles. The molecule has 5 atom stereocenters. The average molecular weight is 472 g/mol. The fraction of sp³-hybridized carbons (Fsp3) is 0.455. The van der Waals surface area contributed by atoms with Crippen molar-refractivity contribution in [1.82, 2.24) is 0 Å². The largest absolute Gasteiger partial charge is 0.494 e. The molecule has 0 saturated heterocycles. The van der Waals surface area contributed by atoms with E-state index in [2.05, 4.69) is 5.18 Å². The molecule has 32 heavy (non-hydrogen) atoms. The number of aliphatic hydroxyl groups excluding tert-OH is 3. The summed E-state index contributed by atoms with van der Waals surface area (Å²) >= 11 is 6.25. The van der Waals surface area contributed by atoms with Crippen LogP contribution >= 0.6 is 11.6 Å². The van der Waals surface area contributed by atoms with E-state index in [-0.39, 0.29) is 11.4 Å². The maximum Gasteiger partial charge on any atom is 0.290 e. The number of nitroso groups, excluding NO2 is 1. The van der Waals surface area contributed by atoms with Gasteiger partial charge in [-0.05, 0) is 48.2 Å². The van der Waals surface area contributed by atoms with Gasteiger partial charge in [0.1, 0.15) is 24.0 Å². The fourth-order valence-corrected chi connectivity index (χ4v) is 4.31. The lowest BCUT2D eigenvalue weighted by Crippen LogP contribution is -2.70. The third-order valence-electron chi connectivity index (χ3n) is 5.92. The molecule has 3 rings (SSSR count). The lowest BCUT2D eigenvalue weighted by molar-refractivity contribution is -0.308. The van der Waals surface area contributed by atoms with Crippen LogP contribution in [0.3, 0.4) is 0 Å². The van der Waals surface area contributed by atoms with Gasteiger partial charge in [0.05, 0.1) is 19.1 Å². The lowest BCUT2D eigenvalue weighted by atomic mass is 9.66. The Bertz CT molecular complexity index is 960. The van der Waals surface area contributed by atoms with Gasteiger partial charge in [-0.15, -0.1) is 0 Å². The minimum atomic E-state index is -4.19. The van der Waals surface area contributed by atoms with Crippen LogP contribution in [0.5, 0.6) is 5.75 Å². The van der Waals surface area contributed by atoms with E-state index in [1.165, 1.54) is 12.1 Å². The molecule has 0 radical (unpaired) electrons. The van der Waals surface area contributed by atoms with E-state index >= 15 is 8.78 Å². The second-order valence-electron chi connectivity index (χ2n) is 7.77. The average Bonchev–Trinajstić information content (AvgIpc) is 2.77. The van der Waals surface area contributed by atoms with E-state index in [0.717, 1.165) is 11.6 Å². The molecule has 0 unspecified atom stereocenters. The highest BCUT2D eigenvalue weighted by Gasteiger charge is 2.70. The van der Waals surface area contributed by atoms with Crippen LogP contribution in [0.2, 0.25) is 5.02 Å². The van der Waals surface area contributed by atoms with Crippen LogP contribution in [0.15, 0.2) is 47.6 Å². The Labute approximate surface area is 188 Å². The summed E-state index contributed by atoms with van der Waals surface area (Å²) in [4.78, 5) is 11.0. The number of ether oxygens (including phenoxy) is 1. The molecule has 4 N–H and O–H groups in total. The Morgan fingerprint density at radius 3 is 2.38 bits per heavy atom. The Balaban J connectivity index is 2.02. The number of hydrogen-bond donors (Lipinski definition) is 4. The normalized spacial score (nSPS) is 29.5. The molecule has 7 nitrogen and oxygen atoms in total. The number of rotatable bonds is 7. The number of halogens is 3. The molecule has 1 fully saturated rings. The van der Waals surface area contributed by atoms with E-state index < -0.39 is 47.9 Å². The summed E-state index contributed by atoms with van der Waals surface area (Å²) in [7, 11) is 0. The van der Waals surface area contributed by atoms with Gasteiger partial charge >= 0.3 is 0 Å². The molecule has 0 aliphatic heterocycles. The van der Waals surface area contributed by atoms with Crippen LogP contribution in [0.25, 0.3) is 0 Å². The summed E-state index contributed by atoms with van der Waals surface area (Å²) in [5.41, 5.74) is -2.54. The van der Waals surface area contributed by atoms with E-state index in [0.29, 0.717) is 17.9 Å². The fourth-order valence-electron chi connectivity index (χ4n) is 4.13. The van der Waals surface area contributed by atoms with Crippen LogP contribution in [0, 0.1) is 10.8 Å². The summed E-state index contributed by atoms with van der Waals surface area (Å²) in [6.45, 7) is 1.12. The topological polar surface area (TPSA) is 120 Å². The molecule has 1 saturated carbocycles. The number of hydrogen-bond acceptors (Lipinski definition) is 7. The number of nitrogens with zero attached hydrogens (tertiary/aromatic N) is 1. The third kappa shape index (κ3) is 3.99. The Morgan fingerprint density at radius 2 is 1.81 bits per heavy atom. The zero-order valence-corrected chi connectivity index (χ0v) is 17.9. The molecular formula is C22H24ClF2NO6. The van der Waals surface area contributed by atoms with Gasteiger partial charge in [-0.2, -0.15) is 4.91 Å². The van der Waals surface area contributed by atoms with Crippen molar-refractivity contribution in [3.63, 3.8) is 0 Å². The smallest absolute Gasteiger partial charge is 0.290 e. The highest BCUT2D eigenvalue weighted by Crippen LogP contribution is 2.52. The Hall–Kier alpha value is -2.17. The van der Waals surface area contributed by atoms with Gasteiger partial charge in [0.15, 0.2) is 5.60 Å². The maximum absolute atomic E-state index is 15.3. The molecular weight excluding hydrogens is 448 g/mol. The molecule has 2 aromatic carbocycles. The Morgan fingerprint density at radius 1 is 1.16 bits per heavy atom. The van der Waals surface area contributed by atoms with E-state index in [1.807, 2.05) is 6.92 Å². The predicted octanol–water partition coefficient (Wildman–Crippen LogP) is 2.63. The van der Waals surface area contributed by atoms with Gasteiger partial charge in [-0.1, -0.05) is 41.0 Å². The third-order valence-corrected chi connectivity index (χ3v) is 6.29. The lowest BCUT2D eigenvalue weighted by Gasteiger charge is -2.50. The molecule has 0 bridgehead atoms. The van der Waals surface area contributed by atoms with Crippen LogP contribution in [0.4, 0.5) is 8.78 Å². The van der Waals surface area contributed by atoms with Crippen molar-refractivity contribution in [1.29, 1.82) is 0 Å². The first-order valence-electron chi connectivity index (χ1n) is 10.0. The minimum Gasteiger partial charge on any atom is -0.494 e. The second kappa shape index (κ2) is 9.36.